The van der Waals surface area contributed by atoms with E-state index in [4.69, 9.17) is 4.74 Å². The number of urea groups is 1. The van der Waals surface area contributed by atoms with Gasteiger partial charge in [-0.15, -0.1) is 0 Å². The molecular weight excluding hydrogens is 647 g/mol. The number of pyridine rings is 3. The number of benzene rings is 3. The van der Waals surface area contributed by atoms with E-state index in [1.807, 2.05) is 66.9 Å². The number of aromatic nitrogens is 3. The van der Waals surface area contributed by atoms with Crippen molar-refractivity contribution in [3.63, 3.8) is 0 Å². The Morgan fingerprint density at radius 3 is 2.25 bits per heavy atom. The van der Waals surface area contributed by atoms with Crippen molar-refractivity contribution >= 4 is 28.4 Å². The second kappa shape index (κ2) is 17.0. The second-order valence-electron chi connectivity index (χ2n) is 13.7. The minimum Gasteiger partial charge on any atom is -0.494 e. The third-order valence-corrected chi connectivity index (χ3v) is 9.24. The van der Waals surface area contributed by atoms with Crippen molar-refractivity contribution < 1.29 is 9.53 Å². The van der Waals surface area contributed by atoms with E-state index >= 15 is 0 Å². The molecule has 3 aromatic heterocycles. The third kappa shape index (κ3) is 8.93. The lowest BCUT2D eigenvalue weighted by atomic mass is 9.88. The molecule has 2 N–H and O–H groups in total. The van der Waals surface area contributed by atoms with Crippen LogP contribution in [-0.2, 0) is 12.8 Å². The molecule has 0 radical (unpaired) electrons. The number of rotatable bonds is 14. The van der Waals surface area contributed by atoms with Crippen LogP contribution >= 0.6 is 0 Å². The Kier molecular flexibility index (Phi) is 11.8. The summed E-state index contributed by atoms with van der Waals surface area (Å²) in [5.74, 6) is 1.04. The fourth-order valence-electron chi connectivity index (χ4n) is 6.48. The quantitative estimate of drug-likeness (QED) is 0.111. The second-order valence-corrected chi connectivity index (χ2v) is 13.7. The molecule has 0 unspecified atom stereocenters. The molecule has 0 spiro atoms. The first-order valence-electron chi connectivity index (χ1n) is 18.2. The zero-order chi connectivity index (χ0) is 36.5. The van der Waals surface area contributed by atoms with Gasteiger partial charge in [0.25, 0.3) is 5.56 Å². The van der Waals surface area contributed by atoms with Gasteiger partial charge in [-0.3, -0.25) is 14.7 Å². The van der Waals surface area contributed by atoms with Gasteiger partial charge in [-0.2, -0.15) is 0 Å². The Bertz CT molecular complexity index is 2130. The lowest BCUT2D eigenvalue weighted by molar-refractivity contribution is 0.256. The van der Waals surface area contributed by atoms with Gasteiger partial charge in [0.2, 0.25) is 0 Å². The van der Waals surface area contributed by atoms with E-state index in [9.17, 15) is 9.59 Å². The number of nitrogens with one attached hydrogen (secondary N) is 2. The first kappa shape index (κ1) is 36.0. The van der Waals surface area contributed by atoms with Crippen molar-refractivity contribution in [3.8, 4) is 16.9 Å². The summed E-state index contributed by atoms with van der Waals surface area (Å²) in [5, 5.41) is 4.05. The Hall–Kier alpha value is -5.76. The number of carbonyl (C=O) groups is 1. The van der Waals surface area contributed by atoms with Gasteiger partial charge >= 0.3 is 6.03 Å². The molecular formula is C44H47N5O3. The molecule has 3 aromatic carbocycles. The van der Waals surface area contributed by atoms with Crippen molar-refractivity contribution in [3.05, 3.63) is 148 Å². The van der Waals surface area contributed by atoms with E-state index in [-0.39, 0.29) is 29.1 Å². The molecule has 0 atom stereocenters. The first-order chi connectivity index (χ1) is 25.3. The number of nitrogens with zero attached hydrogens (tertiary/aromatic N) is 3. The Morgan fingerprint density at radius 1 is 0.769 bits per heavy atom. The van der Waals surface area contributed by atoms with E-state index in [2.05, 4.69) is 84.4 Å². The van der Waals surface area contributed by atoms with Crippen LogP contribution in [0.4, 0.5) is 16.2 Å². The summed E-state index contributed by atoms with van der Waals surface area (Å²) in [7, 11) is 0. The number of fused-ring (bicyclic) bond motifs is 1. The predicted octanol–water partition coefficient (Wildman–Crippen LogP) is 9.91. The van der Waals surface area contributed by atoms with Gasteiger partial charge in [0.15, 0.2) is 0 Å². The van der Waals surface area contributed by atoms with E-state index in [1.165, 1.54) is 5.56 Å². The van der Waals surface area contributed by atoms with Crippen LogP contribution in [0.15, 0.2) is 120 Å². The molecule has 8 heteroatoms. The Balaban J connectivity index is 1.28. The Labute approximate surface area is 305 Å². The van der Waals surface area contributed by atoms with Crippen LogP contribution < -0.4 is 20.5 Å². The molecule has 0 saturated heterocycles. The van der Waals surface area contributed by atoms with Crippen molar-refractivity contribution in [2.75, 3.05) is 23.4 Å². The van der Waals surface area contributed by atoms with Gasteiger partial charge in [0.05, 0.1) is 6.61 Å². The van der Waals surface area contributed by atoms with Crippen molar-refractivity contribution in [2.45, 2.75) is 65.2 Å². The summed E-state index contributed by atoms with van der Waals surface area (Å²) >= 11 is 0. The fourth-order valence-corrected chi connectivity index (χ4v) is 6.48. The number of aromatic amines is 1. The number of ether oxygens (including phenoxy) is 1. The maximum absolute atomic E-state index is 14.4. The SMILES string of the molecule is CC(C)c1cc(-c2cccc(OCCCc3ccccn3)c2)cc(C(C)C)c1NC(=O)N(CCCc1ccccc1)c1cc2cccnc2[nH]c1=O. The summed E-state index contributed by atoms with van der Waals surface area (Å²) in [5.41, 5.74) is 7.59. The summed E-state index contributed by atoms with van der Waals surface area (Å²) in [6.45, 7) is 9.50. The normalized spacial score (nSPS) is 11.3. The molecule has 2 amide bonds. The van der Waals surface area contributed by atoms with Crippen molar-refractivity contribution in [2.24, 2.45) is 0 Å². The topological polar surface area (TPSA) is 100 Å². The average Bonchev–Trinajstić information content (AvgIpc) is 3.16. The predicted molar refractivity (Wildman–Crippen MR) is 212 cm³/mol. The number of amides is 2. The standard InChI is InChI=1S/C44H47N5O3/c1-30(2)38-27-35(33-17-10-21-37(26-33)52-25-13-20-36-19-8-9-22-45-36)28-39(31(3)4)41(38)47-44(51)49(24-12-16-32-14-6-5-7-15-32)40-29-34-18-11-23-46-42(34)48-43(40)50/h5-11,14-15,17-19,21-23,26-31H,12-13,16,20,24-25H2,1-4H3,(H,47,51)(H,46,48,50). The van der Waals surface area contributed by atoms with Gasteiger partial charge < -0.3 is 15.0 Å². The summed E-state index contributed by atoms with van der Waals surface area (Å²) < 4.78 is 6.16. The molecule has 6 rings (SSSR count). The molecule has 8 nitrogen and oxygen atoms in total. The molecule has 3 heterocycles. The van der Waals surface area contributed by atoms with Gasteiger partial charge in [-0.25, -0.2) is 9.78 Å². The van der Waals surface area contributed by atoms with E-state index in [0.717, 1.165) is 64.0 Å². The molecule has 52 heavy (non-hydrogen) atoms. The fraction of sp³-hybridized carbons (Fsp3) is 0.273. The monoisotopic (exact) mass is 693 g/mol. The molecule has 0 aliphatic carbocycles. The lowest BCUT2D eigenvalue weighted by Gasteiger charge is -2.27. The molecule has 0 bridgehead atoms. The van der Waals surface area contributed by atoms with Crippen LogP contribution in [-0.4, -0.2) is 34.1 Å². The smallest absolute Gasteiger partial charge is 0.326 e. The van der Waals surface area contributed by atoms with E-state index < -0.39 is 0 Å². The number of hydrogen-bond donors (Lipinski definition) is 2. The molecule has 0 fully saturated rings. The highest BCUT2D eigenvalue weighted by atomic mass is 16.5. The Morgan fingerprint density at radius 2 is 1.52 bits per heavy atom. The van der Waals surface area contributed by atoms with E-state index in [0.29, 0.717) is 25.2 Å². The maximum Gasteiger partial charge on any atom is 0.326 e. The first-order valence-corrected chi connectivity index (χ1v) is 18.2. The van der Waals surface area contributed by atoms with Crippen LogP contribution in [0.5, 0.6) is 5.75 Å². The molecule has 6 aromatic rings. The molecule has 0 saturated carbocycles. The highest BCUT2D eigenvalue weighted by Crippen LogP contribution is 2.38. The number of H-pyrrole nitrogens is 1. The largest absolute Gasteiger partial charge is 0.494 e. The van der Waals surface area contributed by atoms with Crippen LogP contribution in [0.1, 0.15) is 74.8 Å². The third-order valence-electron chi connectivity index (χ3n) is 9.24. The molecule has 0 aliphatic rings. The van der Waals surface area contributed by atoms with Crippen LogP contribution in [0.25, 0.3) is 22.2 Å². The number of carbonyl (C=O) groups excluding carboxylic acids is 1. The zero-order valence-corrected chi connectivity index (χ0v) is 30.4. The van der Waals surface area contributed by atoms with Crippen molar-refractivity contribution in [1.82, 2.24) is 15.0 Å². The van der Waals surface area contributed by atoms with Crippen LogP contribution in [0.3, 0.4) is 0 Å². The van der Waals surface area contributed by atoms with Crippen LogP contribution in [0, 0.1) is 0 Å². The molecule has 0 aliphatic heterocycles. The van der Waals surface area contributed by atoms with Crippen molar-refractivity contribution in [1.29, 1.82) is 0 Å². The minimum atomic E-state index is -0.358. The number of aryl methyl sites for hydroxylation is 2. The lowest BCUT2D eigenvalue weighted by Crippen LogP contribution is -2.39. The van der Waals surface area contributed by atoms with E-state index in [1.54, 1.807) is 17.2 Å². The number of hydrogen-bond acceptors (Lipinski definition) is 5. The average molecular weight is 694 g/mol. The van der Waals surface area contributed by atoms with Crippen LogP contribution in [0.2, 0.25) is 0 Å². The van der Waals surface area contributed by atoms with Gasteiger partial charge in [0.1, 0.15) is 17.1 Å². The number of anilines is 2. The van der Waals surface area contributed by atoms with Gasteiger partial charge in [-0.1, -0.05) is 76.2 Å². The summed E-state index contributed by atoms with van der Waals surface area (Å²) in [4.78, 5) is 41.1. The maximum atomic E-state index is 14.4. The van der Waals surface area contributed by atoms with Gasteiger partial charge in [-0.05, 0) is 120 Å². The van der Waals surface area contributed by atoms with Gasteiger partial charge in [0, 0.05) is 35.7 Å². The zero-order valence-electron chi connectivity index (χ0n) is 30.4. The minimum absolute atomic E-state index is 0.112. The highest BCUT2D eigenvalue weighted by molar-refractivity contribution is 6.03. The summed E-state index contributed by atoms with van der Waals surface area (Å²) in [6.07, 6.45) is 6.64. The molecule has 266 valence electrons. The highest BCUT2D eigenvalue weighted by Gasteiger charge is 2.24. The summed E-state index contributed by atoms with van der Waals surface area (Å²) in [6, 6.07) is 33.8.